The van der Waals surface area contributed by atoms with Gasteiger partial charge in [0.25, 0.3) is 0 Å². The zero-order valence-electron chi connectivity index (χ0n) is 27.9. The molecule has 0 unspecified atom stereocenters. The molecule has 0 aromatic heterocycles. The van der Waals surface area contributed by atoms with E-state index < -0.39 is 5.41 Å². The number of hydrogen-bond acceptors (Lipinski definition) is 1. The zero-order valence-corrected chi connectivity index (χ0v) is 27.9. The third-order valence-corrected chi connectivity index (χ3v) is 11.6. The van der Waals surface area contributed by atoms with Crippen molar-refractivity contribution < 1.29 is 4.74 Å². The fourth-order valence-corrected chi connectivity index (χ4v) is 9.72. The Balaban J connectivity index is 1.18. The summed E-state index contributed by atoms with van der Waals surface area (Å²) in [5.74, 6) is 1.79. The molecule has 0 saturated heterocycles. The van der Waals surface area contributed by atoms with Crippen LogP contribution in [0.2, 0.25) is 0 Å². The van der Waals surface area contributed by atoms with E-state index in [2.05, 4.69) is 194 Å². The second kappa shape index (κ2) is 10.5. The standard InChI is InChI=1S/C50H32O/c1-3-16-34(17-4-1)49(35-18-5-2-6-19-35)45-27-13-14-29-47(45)51-48-36(23-15-28-46(48)49)33-30-31-44-40(32-33)39-22-9-12-26-43(39)50(44)41-24-10-7-20-37(41)38-21-8-11-25-42(38)50/h1-32H. The van der Waals surface area contributed by atoms with Gasteiger partial charge in [0.1, 0.15) is 11.5 Å². The van der Waals surface area contributed by atoms with Crippen molar-refractivity contribution in [1.82, 2.24) is 0 Å². The fourth-order valence-electron chi connectivity index (χ4n) is 9.72. The second-order valence-corrected chi connectivity index (χ2v) is 13.9. The van der Waals surface area contributed by atoms with Crippen LogP contribution in [-0.2, 0) is 10.8 Å². The largest absolute Gasteiger partial charge is 0.456 e. The monoisotopic (exact) mass is 648 g/mol. The molecule has 11 rings (SSSR count). The lowest BCUT2D eigenvalue weighted by atomic mass is 9.63. The Morgan fingerprint density at radius 3 is 1.35 bits per heavy atom. The van der Waals surface area contributed by atoms with Gasteiger partial charge in [0.05, 0.1) is 10.8 Å². The number of benzene rings is 8. The first-order chi connectivity index (χ1) is 25.3. The predicted octanol–water partition coefficient (Wildman–Crippen LogP) is 12.2. The molecule has 0 bridgehead atoms. The summed E-state index contributed by atoms with van der Waals surface area (Å²) in [7, 11) is 0. The van der Waals surface area contributed by atoms with Crippen molar-refractivity contribution in [1.29, 1.82) is 0 Å². The third kappa shape index (κ3) is 3.60. The maximum Gasteiger partial charge on any atom is 0.140 e. The van der Waals surface area contributed by atoms with Crippen molar-refractivity contribution in [2.24, 2.45) is 0 Å². The number of hydrogen-bond donors (Lipinski definition) is 0. The van der Waals surface area contributed by atoms with E-state index in [1.165, 1.54) is 55.6 Å². The number of ether oxygens (including phenoxy) is 1. The molecule has 8 aromatic carbocycles. The molecule has 1 heteroatoms. The second-order valence-electron chi connectivity index (χ2n) is 13.9. The maximum atomic E-state index is 7.04. The van der Waals surface area contributed by atoms with Crippen molar-refractivity contribution in [2.75, 3.05) is 0 Å². The van der Waals surface area contributed by atoms with Crippen LogP contribution in [0.3, 0.4) is 0 Å². The molecule has 2 aliphatic carbocycles. The Morgan fingerprint density at radius 1 is 0.294 bits per heavy atom. The summed E-state index contributed by atoms with van der Waals surface area (Å²) in [4.78, 5) is 0. The van der Waals surface area contributed by atoms with Crippen LogP contribution in [-0.4, -0.2) is 0 Å². The minimum atomic E-state index is -0.562. The van der Waals surface area contributed by atoms with E-state index in [-0.39, 0.29) is 5.41 Å². The molecule has 1 nitrogen and oxygen atoms in total. The Morgan fingerprint density at radius 2 is 0.745 bits per heavy atom. The maximum absolute atomic E-state index is 7.04. The summed E-state index contributed by atoms with van der Waals surface area (Å²) in [5, 5.41) is 0. The minimum Gasteiger partial charge on any atom is -0.456 e. The van der Waals surface area contributed by atoms with Crippen molar-refractivity contribution in [3.63, 3.8) is 0 Å². The lowest BCUT2D eigenvalue weighted by molar-refractivity contribution is 0.436. The average molecular weight is 649 g/mol. The van der Waals surface area contributed by atoms with Crippen LogP contribution >= 0.6 is 0 Å². The van der Waals surface area contributed by atoms with Crippen molar-refractivity contribution in [3.8, 4) is 44.9 Å². The lowest BCUT2D eigenvalue weighted by Crippen LogP contribution is -2.34. The summed E-state index contributed by atoms with van der Waals surface area (Å²) in [6.07, 6.45) is 0. The van der Waals surface area contributed by atoms with Gasteiger partial charge >= 0.3 is 0 Å². The van der Waals surface area contributed by atoms with E-state index in [9.17, 15) is 0 Å². The van der Waals surface area contributed by atoms with Gasteiger partial charge < -0.3 is 4.74 Å². The first kappa shape index (κ1) is 28.4. The summed E-state index contributed by atoms with van der Waals surface area (Å²) >= 11 is 0. The molecule has 1 heterocycles. The molecule has 0 fully saturated rings. The topological polar surface area (TPSA) is 9.23 Å². The van der Waals surface area contributed by atoms with Gasteiger partial charge in [-0.3, -0.25) is 0 Å². The zero-order chi connectivity index (χ0) is 33.6. The van der Waals surface area contributed by atoms with Crippen molar-refractivity contribution in [2.45, 2.75) is 10.8 Å². The van der Waals surface area contributed by atoms with Gasteiger partial charge in [-0.05, 0) is 73.3 Å². The summed E-state index contributed by atoms with van der Waals surface area (Å²) < 4.78 is 7.04. The minimum absolute atomic E-state index is 0.362. The normalized spacial score (nSPS) is 14.7. The van der Waals surface area contributed by atoms with Gasteiger partial charge in [0, 0.05) is 16.7 Å². The van der Waals surface area contributed by atoms with Crippen LogP contribution in [0.15, 0.2) is 194 Å². The third-order valence-electron chi connectivity index (χ3n) is 11.6. The first-order valence-electron chi connectivity index (χ1n) is 17.8. The quantitative estimate of drug-likeness (QED) is 0.185. The Kier molecular flexibility index (Phi) is 5.86. The number of fused-ring (bicyclic) bond motifs is 12. The Labute approximate surface area is 298 Å². The van der Waals surface area contributed by atoms with Gasteiger partial charge in [-0.15, -0.1) is 0 Å². The molecule has 0 amide bonds. The van der Waals surface area contributed by atoms with E-state index in [4.69, 9.17) is 4.74 Å². The molecule has 3 aliphatic rings. The Hall–Kier alpha value is -6.44. The average Bonchev–Trinajstić information content (AvgIpc) is 3.67. The molecule has 238 valence electrons. The van der Waals surface area contributed by atoms with Gasteiger partial charge in [0.2, 0.25) is 0 Å². The van der Waals surface area contributed by atoms with Crippen LogP contribution in [0.25, 0.3) is 33.4 Å². The first-order valence-corrected chi connectivity index (χ1v) is 17.8. The number of para-hydroxylation sites is 2. The smallest absolute Gasteiger partial charge is 0.140 e. The van der Waals surface area contributed by atoms with Crippen LogP contribution in [0, 0.1) is 0 Å². The highest BCUT2D eigenvalue weighted by Crippen LogP contribution is 2.63. The van der Waals surface area contributed by atoms with Crippen LogP contribution in [0.5, 0.6) is 11.5 Å². The molecule has 0 radical (unpaired) electrons. The molecule has 8 aromatic rings. The summed E-state index contributed by atoms with van der Waals surface area (Å²) in [5.41, 5.74) is 16.7. The van der Waals surface area contributed by atoms with Crippen molar-refractivity contribution in [3.05, 3.63) is 239 Å². The van der Waals surface area contributed by atoms with E-state index in [0.717, 1.165) is 33.8 Å². The van der Waals surface area contributed by atoms with Crippen LogP contribution in [0.4, 0.5) is 0 Å². The van der Waals surface area contributed by atoms with Crippen LogP contribution in [0.1, 0.15) is 44.5 Å². The number of rotatable bonds is 3. The van der Waals surface area contributed by atoms with E-state index in [0.29, 0.717) is 0 Å². The predicted molar refractivity (Wildman–Crippen MR) is 207 cm³/mol. The van der Waals surface area contributed by atoms with E-state index in [1.807, 2.05) is 0 Å². The van der Waals surface area contributed by atoms with Crippen LogP contribution < -0.4 is 4.74 Å². The lowest BCUT2D eigenvalue weighted by Gasteiger charge is -2.42. The highest BCUT2D eigenvalue weighted by molar-refractivity contribution is 5.96. The SMILES string of the molecule is c1ccc(C2(c3ccccc3)c3ccccc3Oc3c(-c4ccc5c(c4)-c4ccccc4C54c5ccccc5-c5ccccc54)cccc32)cc1. The molecule has 0 N–H and O–H groups in total. The van der Waals surface area contributed by atoms with Gasteiger partial charge in [-0.1, -0.05) is 182 Å². The molecular weight excluding hydrogens is 617 g/mol. The van der Waals surface area contributed by atoms with Gasteiger partial charge in [-0.25, -0.2) is 0 Å². The summed E-state index contributed by atoms with van der Waals surface area (Å²) in [6, 6.07) is 71.2. The van der Waals surface area contributed by atoms with E-state index >= 15 is 0 Å². The molecule has 0 atom stereocenters. The Bertz CT molecular complexity index is 2580. The fraction of sp³-hybridized carbons (Fsp3) is 0.0400. The highest BCUT2D eigenvalue weighted by atomic mass is 16.5. The van der Waals surface area contributed by atoms with Gasteiger partial charge in [0.15, 0.2) is 0 Å². The molecular formula is C50H32O. The van der Waals surface area contributed by atoms with E-state index in [1.54, 1.807) is 0 Å². The van der Waals surface area contributed by atoms with Gasteiger partial charge in [-0.2, -0.15) is 0 Å². The summed E-state index contributed by atoms with van der Waals surface area (Å²) in [6.45, 7) is 0. The molecule has 51 heavy (non-hydrogen) atoms. The van der Waals surface area contributed by atoms with Crippen molar-refractivity contribution >= 4 is 0 Å². The molecule has 0 saturated carbocycles. The highest BCUT2D eigenvalue weighted by Gasteiger charge is 2.52. The molecule has 1 aliphatic heterocycles. The molecule has 1 spiro atoms.